The SMILES string of the molecule is N#Cc1ccc(NCCCCC(F)(F)F)cc1C(F)(F)F. The van der Waals surface area contributed by atoms with E-state index in [9.17, 15) is 26.3 Å². The average Bonchev–Trinajstić information content (AvgIpc) is 2.35. The number of nitrogens with zero attached hydrogens (tertiary/aromatic N) is 1. The Kier molecular flexibility index (Phi) is 5.47. The van der Waals surface area contributed by atoms with Crippen molar-refractivity contribution in [1.29, 1.82) is 5.26 Å². The van der Waals surface area contributed by atoms with Crippen LogP contribution in [0.5, 0.6) is 0 Å². The summed E-state index contributed by atoms with van der Waals surface area (Å²) in [5.74, 6) is 0. The molecule has 0 aromatic heterocycles. The van der Waals surface area contributed by atoms with Crippen LogP contribution in [0.15, 0.2) is 18.2 Å². The van der Waals surface area contributed by atoms with Crippen LogP contribution < -0.4 is 5.32 Å². The summed E-state index contributed by atoms with van der Waals surface area (Å²) in [6, 6.07) is 4.55. The van der Waals surface area contributed by atoms with E-state index in [0.717, 1.165) is 12.1 Å². The van der Waals surface area contributed by atoms with Gasteiger partial charge >= 0.3 is 12.4 Å². The molecule has 0 atom stereocenters. The van der Waals surface area contributed by atoms with E-state index in [1.165, 1.54) is 12.1 Å². The third kappa shape index (κ3) is 5.94. The highest BCUT2D eigenvalue weighted by molar-refractivity contribution is 5.53. The number of hydrogen-bond acceptors (Lipinski definition) is 2. The lowest BCUT2D eigenvalue weighted by atomic mass is 10.1. The normalized spacial score (nSPS) is 12.0. The largest absolute Gasteiger partial charge is 0.417 e. The van der Waals surface area contributed by atoms with Crippen molar-refractivity contribution in [2.45, 2.75) is 31.6 Å². The number of anilines is 1. The first-order chi connectivity index (χ1) is 9.63. The van der Waals surface area contributed by atoms with Gasteiger partial charge in [0.05, 0.1) is 17.2 Å². The Balaban J connectivity index is 2.60. The molecular weight excluding hydrogens is 298 g/mol. The Hall–Kier alpha value is -1.91. The smallest absolute Gasteiger partial charge is 0.385 e. The van der Waals surface area contributed by atoms with Crippen LogP contribution >= 0.6 is 0 Å². The average molecular weight is 310 g/mol. The highest BCUT2D eigenvalue weighted by atomic mass is 19.4. The van der Waals surface area contributed by atoms with Crippen LogP contribution in [-0.4, -0.2) is 12.7 Å². The Bertz CT molecular complexity index is 513. The van der Waals surface area contributed by atoms with E-state index in [1.54, 1.807) is 0 Å². The summed E-state index contributed by atoms with van der Waals surface area (Å²) in [5, 5.41) is 11.2. The molecule has 0 aliphatic rings. The summed E-state index contributed by atoms with van der Waals surface area (Å²) in [6.07, 6.45) is -9.72. The van der Waals surface area contributed by atoms with Gasteiger partial charge in [-0.1, -0.05) is 0 Å². The first-order valence-electron chi connectivity index (χ1n) is 6.05. The van der Waals surface area contributed by atoms with Gasteiger partial charge in [-0.3, -0.25) is 0 Å². The molecule has 0 aliphatic carbocycles. The molecule has 116 valence electrons. The summed E-state index contributed by atoms with van der Waals surface area (Å²) < 4.78 is 73.7. The van der Waals surface area contributed by atoms with Gasteiger partial charge in [0, 0.05) is 18.7 Å². The molecule has 0 fully saturated rings. The van der Waals surface area contributed by atoms with Crippen molar-refractivity contribution in [2.24, 2.45) is 0 Å². The van der Waals surface area contributed by atoms with Gasteiger partial charge in [0.15, 0.2) is 0 Å². The standard InChI is InChI=1S/C13H12F6N2/c14-12(15,16)5-1-2-6-21-10-4-3-9(8-20)11(7-10)13(17,18)19/h3-4,7,21H,1-2,5-6H2. The Labute approximate surface area is 117 Å². The zero-order valence-electron chi connectivity index (χ0n) is 10.8. The minimum atomic E-state index is -4.65. The maximum Gasteiger partial charge on any atom is 0.417 e. The van der Waals surface area contributed by atoms with E-state index >= 15 is 0 Å². The predicted molar refractivity (Wildman–Crippen MR) is 64.6 cm³/mol. The van der Waals surface area contributed by atoms with Crippen LogP contribution in [-0.2, 0) is 6.18 Å². The van der Waals surface area contributed by atoms with Gasteiger partial charge in [-0.05, 0) is 31.0 Å². The second-order valence-corrected chi connectivity index (χ2v) is 4.37. The van der Waals surface area contributed by atoms with Crippen LogP contribution in [0.1, 0.15) is 30.4 Å². The van der Waals surface area contributed by atoms with Gasteiger partial charge in [-0.25, -0.2) is 0 Å². The zero-order valence-corrected chi connectivity index (χ0v) is 10.8. The van der Waals surface area contributed by atoms with E-state index < -0.39 is 29.9 Å². The molecule has 2 nitrogen and oxygen atoms in total. The molecule has 0 amide bonds. The first-order valence-corrected chi connectivity index (χ1v) is 6.05. The van der Waals surface area contributed by atoms with E-state index in [1.807, 2.05) is 0 Å². The van der Waals surface area contributed by atoms with Crippen molar-refractivity contribution in [3.05, 3.63) is 29.3 Å². The number of unbranched alkanes of at least 4 members (excludes halogenated alkanes) is 1. The number of nitriles is 1. The molecule has 1 rings (SSSR count). The lowest BCUT2D eigenvalue weighted by molar-refractivity contribution is -0.138. The molecule has 1 aromatic carbocycles. The molecule has 0 unspecified atom stereocenters. The monoisotopic (exact) mass is 310 g/mol. The molecule has 21 heavy (non-hydrogen) atoms. The minimum absolute atomic E-state index is 0.0983. The van der Waals surface area contributed by atoms with Crippen LogP contribution in [0.4, 0.5) is 32.0 Å². The van der Waals surface area contributed by atoms with Crippen molar-refractivity contribution >= 4 is 5.69 Å². The Morgan fingerprint density at radius 2 is 1.71 bits per heavy atom. The number of nitrogens with one attached hydrogen (secondary N) is 1. The summed E-state index contributed by atoms with van der Waals surface area (Å²) in [4.78, 5) is 0. The maximum atomic E-state index is 12.7. The minimum Gasteiger partial charge on any atom is -0.385 e. The van der Waals surface area contributed by atoms with Gasteiger partial charge in [0.1, 0.15) is 0 Å². The molecule has 0 saturated carbocycles. The van der Waals surface area contributed by atoms with E-state index in [4.69, 9.17) is 5.26 Å². The van der Waals surface area contributed by atoms with Crippen LogP contribution in [0.2, 0.25) is 0 Å². The fourth-order valence-electron chi connectivity index (χ4n) is 1.67. The van der Waals surface area contributed by atoms with Gasteiger partial charge in [-0.15, -0.1) is 0 Å². The summed E-state index contributed by atoms with van der Waals surface area (Å²) in [7, 11) is 0. The predicted octanol–water partition coefficient (Wildman–Crippen LogP) is 4.72. The molecule has 0 radical (unpaired) electrons. The van der Waals surface area contributed by atoms with E-state index in [-0.39, 0.29) is 25.1 Å². The summed E-state index contributed by atoms with van der Waals surface area (Å²) in [6.45, 7) is 0.124. The van der Waals surface area contributed by atoms with Gasteiger partial charge in [0.25, 0.3) is 0 Å². The second-order valence-electron chi connectivity index (χ2n) is 4.37. The highest BCUT2D eigenvalue weighted by Crippen LogP contribution is 2.33. The third-order valence-electron chi connectivity index (χ3n) is 2.66. The number of hydrogen-bond donors (Lipinski definition) is 1. The number of benzene rings is 1. The van der Waals surface area contributed by atoms with Crippen LogP contribution in [0, 0.1) is 11.3 Å². The van der Waals surface area contributed by atoms with Crippen molar-refractivity contribution in [2.75, 3.05) is 11.9 Å². The molecule has 8 heteroatoms. The Morgan fingerprint density at radius 3 is 2.24 bits per heavy atom. The molecule has 0 aliphatic heterocycles. The van der Waals surface area contributed by atoms with E-state index in [2.05, 4.69) is 5.32 Å². The molecule has 0 bridgehead atoms. The van der Waals surface area contributed by atoms with Gasteiger partial charge < -0.3 is 5.32 Å². The van der Waals surface area contributed by atoms with Gasteiger partial charge in [0.2, 0.25) is 0 Å². The molecule has 1 N–H and O–H groups in total. The molecular formula is C13H12F6N2. The van der Waals surface area contributed by atoms with Gasteiger partial charge in [-0.2, -0.15) is 31.6 Å². The quantitative estimate of drug-likeness (QED) is 0.631. The Morgan fingerprint density at radius 1 is 1.05 bits per heavy atom. The second kappa shape index (κ2) is 6.70. The molecule has 0 heterocycles. The summed E-state index contributed by atoms with van der Waals surface area (Å²) in [5.41, 5.74) is -1.44. The van der Waals surface area contributed by atoms with Crippen molar-refractivity contribution in [3.63, 3.8) is 0 Å². The van der Waals surface area contributed by atoms with Crippen LogP contribution in [0.25, 0.3) is 0 Å². The zero-order chi connectivity index (χ0) is 16.1. The number of halogens is 6. The fourth-order valence-corrected chi connectivity index (χ4v) is 1.67. The molecule has 0 spiro atoms. The summed E-state index contributed by atoms with van der Waals surface area (Å²) >= 11 is 0. The maximum absolute atomic E-state index is 12.7. The van der Waals surface area contributed by atoms with Crippen molar-refractivity contribution in [1.82, 2.24) is 0 Å². The molecule has 1 aromatic rings. The number of alkyl halides is 6. The highest BCUT2D eigenvalue weighted by Gasteiger charge is 2.33. The lowest BCUT2D eigenvalue weighted by Crippen LogP contribution is -2.11. The lowest BCUT2D eigenvalue weighted by Gasteiger charge is -2.12. The van der Waals surface area contributed by atoms with Crippen molar-refractivity contribution in [3.8, 4) is 6.07 Å². The topological polar surface area (TPSA) is 35.8 Å². The third-order valence-corrected chi connectivity index (χ3v) is 2.66. The van der Waals surface area contributed by atoms with E-state index in [0.29, 0.717) is 0 Å². The first kappa shape index (κ1) is 17.1. The molecule has 0 saturated heterocycles. The number of rotatable bonds is 5. The van der Waals surface area contributed by atoms with Crippen LogP contribution in [0.3, 0.4) is 0 Å². The fraction of sp³-hybridized carbons (Fsp3) is 0.462. The van der Waals surface area contributed by atoms with Crippen molar-refractivity contribution < 1.29 is 26.3 Å².